The van der Waals surface area contributed by atoms with E-state index in [2.05, 4.69) is 4.74 Å². The molecule has 0 bridgehead atoms. The van der Waals surface area contributed by atoms with E-state index < -0.39 is 47.0 Å². The van der Waals surface area contributed by atoms with Crippen molar-refractivity contribution in [2.24, 2.45) is 0 Å². The molecule has 3 aromatic rings. The maximum absolute atomic E-state index is 13.2. The van der Waals surface area contributed by atoms with Gasteiger partial charge < -0.3 is 9.94 Å². The highest BCUT2D eigenvalue weighted by atomic mass is 19.4. The Balaban J connectivity index is 2.08. The van der Waals surface area contributed by atoms with E-state index in [1.807, 2.05) is 0 Å². The SMILES string of the molecule is CCCn1c2ccccc2c(C(=O)c2ccccc2C(=O)OC(C(F)(F)F)C(F)(F)F)[n+]1[O-]. The first kappa shape index (κ1) is 24.1. The van der Waals surface area contributed by atoms with Gasteiger partial charge in [-0.25, -0.2) is 4.79 Å². The van der Waals surface area contributed by atoms with E-state index in [0.717, 1.165) is 18.2 Å². The van der Waals surface area contributed by atoms with Crippen molar-refractivity contribution in [3.63, 3.8) is 0 Å². The predicted molar refractivity (Wildman–Crippen MR) is 102 cm³/mol. The molecule has 2 aromatic carbocycles. The third kappa shape index (κ3) is 4.64. The Morgan fingerprint density at radius 1 is 0.970 bits per heavy atom. The molecule has 0 aliphatic rings. The highest BCUT2D eigenvalue weighted by Crippen LogP contribution is 2.36. The van der Waals surface area contributed by atoms with Gasteiger partial charge in [-0.2, -0.15) is 26.3 Å². The Kier molecular flexibility index (Phi) is 6.39. The number of halogens is 6. The van der Waals surface area contributed by atoms with E-state index in [9.17, 15) is 41.1 Å². The molecule has 0 unspecified atom stereocenters. The highest BCUT2D eigenvalue weighted by molar-refractivity contribution is 6.17. The molecule has 1 heterocycles. The topological polar surface area (TPSA) is 75.2 Å². The molecule has 0 amide bonds. The number of aromatic nitrogens is 2. The van der Waals surface area contributed by atoms with E-state index in [1.54, 1.807) is 25.1 Å². The van der Waals surface area contributed by atoms with Crippen molar-refractivity contribution in [3.05, 3.63) is 70.6 Å². The average Bonchev–Trinajstić information content (AvgIpc) is 3.01. The first-order valence-corrected chi connectivity index (χ1v) is 9.57. The minimum Gasteiger partial charge on any atom is -0.595 e. The lowest BCUT2D eigenvalue weighted by Crippen LogP contribution is -2.45. The lowest BCUT2D eigenvalue weighted by Gasteiger charge is -2.23. The summed E-state index contributed by atoms with van der Waals surface area (Å²) in [6, 6.07) is 10.5. The maximum atomic E-state index is 13.2. The van der Waals surface area contributed by atoms with Crippen molar-refractivity contribution in [1.82, 2.24) is 4.68 Å². The summed E-state index contributed by atoms with van der Waals surface area (Å²) in [4.78, 5) is 25.8. The summed E-state index contributed by atoms with van der Waals surface area (Å²) in [5.41, 5.74) is -1.45. The minimum absolute atomic E-state index is 0.206. The Labute approximate surface area is 182 Å². The number of ketones is 1. The summed E-state index contributed by atoms with van der Waals surface area (Å²) in [7, 11) is 0. The number of aryl methyl sites for hydroxylation is 1. The number of nitrogens with zero attached hydrogens (tertiary/aromatic N) is 2. The van der Waals surface area contributed by atoms with E-state index in [0.29, 0.717) is 16.8 Å². The second-order valence-corrected chi connectivity index (χ2v) is 7.01. The quantitative estimate of drug-likeness (QED) is 0.173. The van der Waals surface area contributed by atoms with Crippen LogP contribution in [-0.4, -0.2) is 34.9 Å². The molecule has 0 radical (unpaired) electrons. The van der Waals surface area contributed by atoms with E-state index in [4.69, 9.17) is 0 Å². The normalized spacial score (nSPS) is 12.4. The van der Waals surface area contributed by atoms with Crippen LogP contribution >= 0.6 is 0 Å². The summed E-state index contributed by atoms with van der Waals surface area (Å²) in [5, 5.41) is 13.1. The van der Waals surface area contributed by atoms with Crippen LogP contribution in [0, 0.1) is 5.21 Å². The number of benzene rings is 2. The number of carbonyl (C=O) groups excluding carboxylic acids is 2. The lowest BCUT2D eigenvalue weighted by atomic mass is 10.00. The molecule has 6 nitrogen and oxygen atoms in total. The fourth-order valence-corrected chi connectivity index (χ4v) is 3.33. The summed E-state index contributed by atoms with van der Waals surface area (Å²) >= 11 is 0. The fourth-order valence-electron chi connectivity index (χ4n) is 3.33. The molecule has 1 aromatic heterocycles. The number of rotatable bonds is 6. The van der Waals surface area contributed by atoms with E-state index in [-0.39, 0.29) is 11.9 Å². The van der Waals surface area contributed by atoms with Gasteiger partial charge in [0, 0.05) is 5.56 Å². The predicted octanol–water partition coefficient (Wildman–Crippen LogP) is 4.57. The average molecular weight is 474 g/mol. The molecule has 0 saturated heterocycles. The number of hydrogen-bond acceptors (Lipinski definition) is 4. The zero-order valence-corrected chi connectivity index (χ0v) is 16.9. The third-order valence-electron chi connectivity index (χ3n) is 4.71. The first-order valence-electron chi connectivity index (χ1n) is 9.57. The number of carbonyl (C=O) groups is 2. The Morgan fingerprint density at radius 2 is 1.52 bits per heavy atom. The van der Waals surface area contributed by atoms with Crippen molar-refractivity contribution in [2.45, 2.75) is 38.3 Å². The van der Waals surface area contributed by atoms with Crippen molar-refractivity contribution in [2.75, 3.05) is 0 Å². The zero-order valence-electron chi connectivity index (χ0n) is 16.9. The Hall–Kier alpha value is -3.57. The van der Waals surface area contributed by atoms with Crippen LogP contribution in [0.3, 0.4) is 0 Å². The van der Waals surface area contributed by atoms with Gasteiger partial charge in [-0.05, 0) is 30.7 Å². The van der Waals surface area contributed by atoms with Gasteiger partial charge in [0.1, 0.15) is 5.52 Å². The van der Waals surface area contributed by atoms with Gasteiger partial charge in [-0.1, -0.05) is 36.0 Å². The number of fused-ring (bicyclic) bond motifs is 1. The van der Waals surface area contributed by atoms with Gasteiger partial charge in [0.2, 0.25) is 0 Å². The number of ether oxygens (including phenoxy) is 1. The van der Waals surface area contributed by atoms with Gasteiger partial charge in [-0.3, -0.25) is 4.79 Å². The molecule has 0 aliphatic heterocycles. The number of hydrogen-bond donors (Lipinski definition) is 0. The zero-order chi connectivity index (χ0) is 24.6. The molecule has 33 heavy (non-hydrogen) atoms. The lowest BCUT2D eigenvalue weighted by molar-refractivity contribution is -0.693. The van der Waals surface area contributed by atoms with Crippen LogP contribution in [0.2, 0.25) is 0 Å². The second kappa shape index (κ2) is 8.75. The molecule has 0 aliphatic carbocycles. The molecular formula is C21H16F6N2O4. The van der Waals surface area contributed by atoms with Crippen LogP contribution in [0.15, 0.2) is 48.5 Å². The van der Waals surface area contributed by atoms with Gasteiger partial charge >= 0.3 is 18.3 Å². The van der Waals surface area contributed by atoms with Crippen LogP contribution in [-0.2, 0) is 11.3 Å². The van der Waals surface area contributed by atoms with Crippen molar-refractivity contribution in [3.8, 4) is 0 Å². The summed E-state index contributed by atoms with van der Waals surface area (Å²) < 4.78 is 81.8. The number of para-hydroxylation sites is 1. The van der Waals surface area contributed by atoms with Gasteiger partial charge in [-0.15, -0.1) is 4.68 Å². The molecule has 0 fully saturated rings. The molecule has 0 atom stereocenters. The fraction of sp³-hybridized carbons (Fsp3) is 0.286. The van der Waals surface area contributed by atoms with Crippen LogP contribution in [0.4, 0.5) is 26.3 Å². The first-order chi connectivity index (χ1) is 15.4. The van der Waals surface area contributed by atoms with Crippen molar-refractivity contribution < 1.29 is 45.5 Å². The molecule has 12 heteroatoms. The molecule has 0 N–H and O–H groups in total. The van der Waals surface area contributed by atoms with Crippen LogP contribution in [0.5, 0.6) is 0 Å². The molecule has 0 saturated carbocycles. The van der Waals surface area contributed by atoms with Crippen LogP contribution in [0.1, 0.15) is 39.8 Å². The molecule has 0 spiro atoms. The van der Waals surface area contributed by atoms with Crippen LogP contribution in [0.25, 0.3) is 10.9 Å². The molecular weight excluding hydrogens is 458 g/mol. The Bertz CT molecular complexity index is 1190. The van der Waals surface area contributed by atoms with Crippen molar-refractivity contribution >= 4 is 22.7 Å². The second-order valence-electron chi connectivity index (χ2n) is 7.01. The number of alkyl halides is 6. The van der Waals surface area contributed by atoms with Gasteiger partial charge in [0.25, 0.3) is 17.6 Å². The van der Waals surface area contributed by atoms with Gasteiger partial charge in [0.05, 0.1) is 17.5 Å². The van der Waals surface area contributed by atoms with Crippen LogP contribution < -0.4 is 4.85 Å². The third-order valence-corrected chi connectivity index (χ3v) is 4.71. The van der Waals surface area contributed by atoms with Crippen molar-refractivity contribution in [1.29, 1.82) is 0 Å². The largest absolute Gasteiger partial charge is 0.595 e. The summed E-state index contributed by atoms with van der Waals surface area (Å²) in [5.74, 6) is -3.06. The number of esters is 1. The van der Waals surface area contributed by atoms with E-state index in [1.165, 1.54) is 16.8 Å². The standard InChI is InChI=1S/C21H16F6N2O4/c1-2-11-28-15-10-6-5-9-14(15)16(29(28)32)17(30)12-7-3-4-8-13(12)18(31)33-19(20(22,23)24)21(25,26)27/h3-10,19H,2,11H2,1H3. The summed E-state index contributed by atoms with van der Waals surface area (Å²) in [6.45, 7) is 2.03. The monoisotopic (exact) mass is 474 g/mol. The molecule has 3 rings (SSSR count). The Morgan fingerprint density at radius 3 is 2.09 bits per heavy atom. The maximum Gasteiger partial charge on any atom is 0.434 e. The highest BCUT2D eigenvalue weighted by Gasteiger charge is 2.60. The molecule has 176 valence electrons. The van der Waals surface area contributed by atoms with E-state index >= 15 is 0 Å². The smallest absolute Gasteiger partial charge is 0.434 e. The minimum atomic E-state index is -5.92. The van der Waals surface area contributed by atoms with Gasteiger partial charge in [0.15, 0.2) is 0 Å². The summed E-state index contributed by atoms with van der Waals surface area (Å²) in [6.07, 6.45) is -15.7.